The van der Waals surface area contributed by atoms with E-state index in [1.54, 1.807) is 0 Å². The number of benzene rings is 1. The Morgan fingerprint density at radius 3 is 2.07 bits per heavy atom. The number of halogens is 5. The first-order valence-corrected chi connectivity index (χ1v) is 3.67. The first kappa shape index (κ1) is 16.9. The summed E-state index contributed by atoms with van der Waals surface area (Å²) in [6, 6.07) is 1.10. The molecule has 0 saturated heterocycles. The van der Waals surface area contributed by atoms with E-state index in [1.165, 1.54) is 0 Å². The van der Waals surface area contributed by atoms with Crippen molar-refractivity contribution >= 4 is 24.8 Å². The Morgan fingerprint density at radius 2 is 1.60 bits per heavy atom. The maximum absolute atomic E-state index is 12.9. The predicted molar refractivity (Wildman–Crippen MR) is 56.8 cm³/mol. The highest BCUT2D eigenvalue weighted by atomic mass is 35.5. The fourth-order valence-electron chi connectivity index (χ4n) is 0.954. The second kappa shape index (κ2) is 6.90. The van der Waals surface area contributed by atoms with Crippen LogP contribution in [-0.2, 0) is 0 Å². The molecule has 88 valence electrons. The molecule has 1 atom stereocenters. The van der Waals surface area contributed by atoms with Gasteiger partial charge in [0, 0.05) is 18.2 Å². The Kier molecular flexibility index (Phi) is 7.78. The summed E-state index contributed by atoms with van der Waals surface area (Å²) < 4.78 is 38.0. The van der Waals surface area contributed by atoms with E-state index in [1.807, 2.05) is 0 Å². The molecule has 0 aliphatic heterocycles. The van der Waals surface area contributed by atoms with Gasteiger partial charge in [0.15, 0.2) is 17.5 Å². The molecule has 1 aromatic rings. The van der Waals surface area contributed by atoms with Gasteiger partial charge in [-0.05, 0) is 6.07 Å². The van der Waals surface area contributed by atoms with E-state index in [-0.39, 0.29) is 36.9 Å². The van der Waals surface area contributed by atoms with Crippen LogP contribution in [0, 0.1) is 17.5 Å². The van der Waals surface area contributed by atoms with Crippen LogP contribution in [0.4, 0.5) is 13.2 Å². The van der Waals surface area contributed by atoms with Crippen LogP contribution in [0.1, 0.15) is 11.6 Å². The van der Waals surface area contributed by atoms with Crippen LogP contribution < -0.4 is 11.5 Å². The molecule has 4 N–H and O–H groups in total. The van der Waals surface area contributed by atoms with Crippen molar-refractivity contribution in [3.63, 3.8) is 0 Å². The molecule has 0 heterocycles. The average molecular weight is 263 g/mol. The molecule has 1 aromatic carbocycles. The number of hydrogen-bond acceptors (Lipinski definition) is 2. The lowest BCUT2D eigenvalue weighted by atomic mass is 10.1. The van der Waals surface area contributed by atoms with Gasteiger partial charge in [-0.3, -0.25) is 0 Å². The van der Waals surface area contributed by atoms with Crippen molar-refractivity contribution in [1.82, 2.24) is 0 Å². The summed E-state index contributed by atoms with van der Waals surface area (Å²) in [7, 11) is 0. The first-order chi connectivity index (χ1) is 6.07. The van der Waals surface area contributed by atoms with Crippen LogP contribution in [-0.4, -0.2) is 6.54 Å². The molecule has 0 aliphatic carbocycles. The van der Waals surface area contributed by atoms with Gasteiger partial charge in [-0.15, -0.1) is 24.8 Å². The molecule has 7 heteroatoms. The zero-order chi connectivity index (χ0) is 10.0. The zero-order valence-electron chi connectivity index (χ0n) is 7.54. The Morgan fingerprint density at radius 1 is 1.07 bits per heavy atom. The highest BCUT2D eigenvalue weighted by Crippen LogP contribution is 2.19. The SMILES string of the molecule is Cl.Cl.NC[C@@H](N)c1ccc(F)c(F)c1F. The molecule has 15 heavy (non-hydrogen) atoms. The normalized spacial score (nSPS) is 11.3. The van der Waals surface area contributed by atoms with Crippen molar-refractivity contribution in [1.29, 1.82) is 0 Å². The summed E-state index contributed by atoms with van der Waals surface area (Å²) in [6.07, 6.45) is 0. The van der Waals surface area contributed by atoms with Crippen LogP contribution in [0.15, 0.2) is 12.1 Å². The van der Waals surface area contributed by atoms with E-state index in [4.69, 9.17) is 11.5 Å². The molecule has 0 radical (unpaired) electrons. The van der Waals surface area contributed by atoms with E-state index in [9.17, 15) is 13.2 Å². The summed E-state index contributed by atoms with van der Waals surface area (Å²) in [5.74, 6) is -4.01. The quantitative estimate of drug-likeness (QED) is 0.801. The summed E-state index contributed by atoms with van der Waals surface area (Å²) in [6.45, 7) is -0.0258. The molecular formula is C8H11Cl2F3N2. The molecule has 2 nitrogen and oxygen atoms in total. The van der Waals surface area contributed by atoms with E-state index in [0.29, 0.717) is 0 Å². The minimum Gasteiger partial charge on any atom is -0.329 e. The largest absolute Gasteiger partial charge is 0.329 e. The van der Waals surface area contributed by atoms with Gasteiger partial charge in [0.2, 0.25) is 0 Å². The lowest BCUT2D eigenvalue weighted by molar-refractivity contribution is 0.436. The first-order valence-electron chi connectivity index (χ1n) is 3.67. The summed E-state index contributed by atoms with van der Waals surface area (Å²) >= 11 is 0. The molecule has 0 fully saturated rings. The smallest absolute Gasteiger partial charge is 0.194 e. The third-order valence-electron chi connectivity index (χ3n) is 1.72. The second-order valence-electron chi connectivity index (χ2n) is 2.61. The molecular weight excluding hydrogens is 252 g/mol. The van der Waals surface area contributed by atoms with E-state index < -0.39 is 23.5 Å². The third-order valence-corrected chi connectivity index (χ3v) is 1.72. The maximum Gasteiger partial charge on any atom is 0.194 e. The fourth-order valence-corrected chi connectivity index (χ4v) is 0.954. The van der Waals surface area contributed by atoms with Crippen LogP contribution in [0.25, 0.3) is 0 Å². The second-order valence-corrected chi connectivity index (χ2v) is 2.61. The molecule has 0 spiro atoms. The lowest BCUT2D eigenvalue weighted by Gasteiger charge is -2.10. The van der Waals surface area contributed by atoms with Gasteiger partial charge in [0.05, 0.1) is 0 Å². The van der Waals surface area contributed by atoms with Gasteiger partial charge in [-0.1, -0.05) is 6.07 Å². The van der Waals surface area contributed by atoms with Crippen molar-refractivity contribution in [2.24, 2.45) is 11.5 Å². The van der Waals surface area contributed by atoms with Crippen LogP contribution in [0.2, 0.25) is 0 Å². The molecule has 0 aliphatic rings. The minimum absolute atomic E-state index is 0. The molecule has 0 bridgehead atoms. The number of nitrogens with two attached hydrogens (primary N) is 2. The molecule has 0 amide bonds. The van der Waals surface area contributed by atoms with E-state index >= 15 is 0 Å². The number of rotatable bonds is 2. The Hall–Kier alpha value is -0.490. The van der Waals surface area contributed by atoms with E-state index in [0.717, 1.165) is 12.1 Å². The third kappa shape index (κ3) is 3.53. The van der Waals surface area contributed by atoms with Crippen molar-refractivity contribution in [3.05, 3.63) is 35.1 Å². The van der Waals surface area contributed by atoms with Crippen molar-refractivity contribution in [2.75, 3.05) is 6.54 Å². The molecule has 0 aromatic heterocycles. The molecule has 1 rings (SSSR count). The van der Waals surface area contributed by atoms with Crippen LogP contribution >= 0.6 is 24.8 Å². The van der Waals surface area contributed by atoms with Crippen molar-refractivity contribution < 1.29 is 13.2 Å². The summed E-state index contributed by atoms with van der Waals surface area (Å²) in [5.41, 5.74) is 10.4. The Balaban J connectivity index is 0. The average Bonchev–Trinajstić information content (AvgIpc) is 2.13. The zero-order valence-corrected chi connectivity index (χ0v) is 9.18. The fraction of sp³-hybridized carbons (Fsp3) is 0.250. The molecule has 0 unspecified atom stereocenters. The summed E-state index contributed by atoms with van der Waals surface area (Å²) in [4.78, 5) is 0. The standard InChI is InChI=1S/C8H9F3N2.2ClH/c9-5-2-1-4(6(13)3-12)7(10)8(5)11;;/h1-2,6H,3,12-13H2;2*1H/t6-;;/m1../s1. The van der Waals surface area contributed by atoms with Gasteiger partial charge in [-0.25, -0.2) is 13.2 Å². The van der Waals surface area contributed by atoms with Crippen LogP contribution in [0.5, 0.6) is 0 Å². The minimum atomic E-state index is -1.51. The van der Waals surface area contributed by atoms with Crippen molar-refractivity contribution in [3.8, 4) is 0 Å². The summed E-state index contributed by atoms with van der Waals surface area (Å²) in [5, 5.41) is 0. The maximum atomic E-state index is 12.9. The Bertz CT molecular complexity index is 323. The van der Waals surface area contributed by atoms with Gasteiger partial charge < -0.3 is 11.5 Å². The monoisotopic (exact) mass is 262 g/mol. The van der Waals surface area contributed by atoms with Gasteiger partial charge in [0.1, 0.15) is 0 Å². The number of hydrogen-bond donors (Lipinski definition) is 2. The predicted octanol–water partition coefficient (Wildman–Crippen LogP) is 1.91. The van der Waals surface area contributed by atoms with Gasteiger partial charge in [0.25, 0.3) is 0 Å². The topological polar surface area (TPSA) is 52.0 Å². The Labute approximate surface area is 97.6 Å². The highest BCUT2D eigenvalue weighted by molar-refractivity contribution is 5.85. The van der Waals surface area contributed by atoms with Crippen molar-refractivity contribution in [2.45, 2.75) is 6.04 Å². The van der Waals surface area contributed by atoms with Crippen LogP contribution in [0.3, 0.4) is 0 Å². The molecule has 0 saturated carbocycles. The van der Waals surface area contributed by atoms with Gasteiger partial charge in [-0.2, -0.15) is 0 Å². The highest BCUT2D eigenvalue weighted by Gasteiger charge is 2.16. The van der Waals surface area contributed by atoms with Gasteiger partial charge >= 0.3 is 0 Å². The van der Waals surface area contributed by atoms with E-state index in [2.05, 4.69) is 0 Å². The lowest BCUT2D eigenvalue weighted by Crippen LogP contribution is -2.22.